The summed E-state index contributed by atoms with van der Waals surface area (Å²) in [5.41, 5.74) is 0. The van der Waals surface area contributed by atoms with Gasteiger partial charge >= 0.3 is 0 Å². The molecule has 0 aromatic carbocycles. The number of halogens is 1. The van der Waals surface area contributed by atoms with Gasteiger partial charge in [-0.15, -0.1) is 31.2 Å². The zero-order chi connectivity index (χ0) is 8.60. The first-order valence-corrected chi connectivity index (χ1v) is 8.08. The van der Waals surface area contributed by atoms with Crippen molar-refractivity contribution in [2.45, 2.75) is 33.1 Å². The summed E-state index contributed by atoms with van der Waals surface area (Å²) in [6.45, 7) is 4.96. The summed E-state index contributed by atoms with van der Waals surface area (Å²) in [5, 5.41) is 0. The minimum atomic E-state index is -0.353. The molecule has 0 aliphatic carbocycles. The minimum absolute atomic E-state index is 0. The highest BCUT2D eigenvalue weighted by molar-refractivity contribution is 14.0. The van der Waals surface area contributed by atoms with Crippen molar-refractivity contribution in [2.24, 2.45) is 11.8 Å². The summed E-state index contributed by atoms with van der Waals surface area (Å²) in [7, 11) is -0.353. The lowest BCUT2D eigenvalue weighted by Gasteiger charge is -2.42. The fourth-order valence-electron chi connectivity index (χ4n) is 3.60. The van der Waals surface area contributed by atoms with Gasteiger partial charge in [-0.05, 0) is 55.7 Å². The topological polar surface area (TPSA) is 0 Å². The van der Waals surface area contributed by atoms with E-state index in [0.717, 1.165) is 11.8 Å². The zero-order valence-electron chi connectivity index (χ0n) is 8.96. The molecule has 0 bridgehead atoms. The van der Waals surface area contributed by atoms with Crippen LogP contribution in [-0.4, -0.2) is 24.6 Å². The Morgan fingerprint density at radius 3 is 1.85 bits per heavy atom. The lowest BCUT2D eigenvalue weighted by atomic mass is 10.00. The second-order valence-electron chi connectivity index (χ2n) is 5.31. The fraction of sp³-hybridized carbons (Fsp3) is 1.00. The van der Waals surface area contributed by atoms with E-state index in [4.69, 9.17) is 0 Å². The Labute approximate surface area is 101 Å². The highest BCUT2D eigenvalue weighted by atomic mass is 127. The summed E-state index contributed by atoms with van der Waals surface area (Å²) < 4.78 is 0. The monoisotopic (exact) mass is 313 g/mol. The van der Waals surface area contributed by atoms with Gasteiger partial charge in [-0.2, -0.15) is 0 Å². The van der Waals surface area contributed by atoms with Crippen molar-refractivity contribution in [1.82, 2.24) is 0 Å². The molecule has 2 rings (SSSR count). The average Bonchev–Trinajstić information content (AvgIpc) is 2.33. The Hall–Kier alpha value is 1.16. The van der Waals surface area contributed by atoms with Crippen LogP contribution in [0, 0.1) is 11.8 Å². The van der Waals surface area contributed by atoms with E-state index in [2.05, 4.69) is 13.8 Å². The molecule has 13 heavy (non-hydrogen) atoms. The molecule has 2 saturated heterocycles. The van der Waals surface area contributed by atoms with E-state index in [-0.39, 0.29) is 31.2 Å². The van der Waals surface area contributed by atoms with Crippen LogP contribution in [0.1, 0.15) is 33.1 Å². The largest absolute Gasteiger partial charge is 0.125 e. The van der Waals surface area contributed by atoms with Crippen LogP contribution < -0.4 is 0 Å². The second-order valence-corrected chi connectivity index (χ2v) is 9.62. The van der Waals surface area contributed by atoms with Gasteiger partial charge in [-0.25, -0.2) is 0 Å². The maximum Gasteiger partial charge on any atom is -0.0333 e. The molecule has 1 spiro atoms. The molecule has 0 aromatic rings. The maximum atomic E-state index is 2.48. The molecule has 1 radical (unpaired) electrons. The Bertz CT molecular complexity index is 151. The molecular weight excluding hydrogens is 290 g/mol. The molecule has 2 heterocycles. The lowest BCUT2D eigenvalue weighted by molar-refractivity contribution is 0.454. The molecule has 2 heteroatoms. The van der Waals surface area contributed by atoms with Gasteiger partial charge in [-0.1, -0.05) is 13.8 Å². The van der Waals surface area contributed by atoms with Gasteiger partial charge < -0.3 is 0 Å². The Kier molecular flexibility index (Phi) is 4.50. The molecule has 0 aromatic heterocycles. The third-order valence-electron chi connectivity index (χ3n) is 3.72. The zero-order valence-corrected chi connectivity index (χ0v) is 12.2. The standard InChI is InChI=1S/C11H22P.HI/c1-10-7-11(2)9-12(8-10)5-3-4-6-12;/h10-11H,3-9H2,1-2H3;1H. The van der Waals surface area contributed by atoms with Crippen LogP contribution in [0.5, 0.6) is 0 Å². The number of rotatable bonds is 0. The van der Waals surface area contributed by atoms with Crippen molar-refractivity contribution in [1.29, 1.82) is 0 Å². The van der Waals surface area contributed by atoms with Gasteiger partial charge in [0.1, 0.15) is 0 Å². The highest BCUT2D eigenvalue weighted by Gasteiger charge is 2.37. The molecule has 2 aliphatic heterocycles. The van der Waals surface area contributed by atoms with Gasteiger partial charge in [-0.3, -0.25) is 0 Å². The smallest absolute Gasteiger partial charge is 0.0333 e. The van der Waals surface area contributed by atoms with Crippen molar-refractivity contribution >= 4 is 31.2 Å². The molecule has 0 amide bonds. The third-order valence-corrected chi connectivity index (χ3v) is 9.04. The van der Waals surface area contributed by atoms with Crippen molar-refractivity contribution in [3.8, 4) is 0 Å². The molecule has 2 fully saturated rings. The van der Waals surface area contributed by atoms with Crippen molar-refractivity contribution in [3.63, 3.8) is 0 Å². The van der Waals surface area contributed by atoms with E-state index in [1.54, 1.807) is 37.5 Å². The quantitative estimate of drug-likeness (QED) is 0.467. The van der Waals surface area contributed by atoms with Crippen LogP contribution in [0.25, 0.3) is 0 Å². The molecule has 79 valence electrons. The summed E-state index contributed by atoms with van der Waals surface area (Å²) in [6, 6.07) is 0. The molecule has 0 N–H and O–H groups in total. The van der Waals surface area contributed by atoms with E-state index in [0.29, 0.717) is 0 Å². The summed E-state index contributed by atoms with van der Waals surface area (Å²) in [4.78, 5) is 0. The predicted molar refractivity (Wildman–Crippen MR) is 74.0 cm³/mol. The molecule has 0 saturated carbocycles. The summed E-state index contributed by atoms with van der Waals surface area (Å²) in [6.07, 6.45) is 11.3. The maximum absolute atomic E-state index is 2.48. The van der Waals surface area contributed by atoms with E-state index in [9.17, 15) is 0 Å². The molecule has 2 aliphatic rings. The van der Waals surface area contributed by atoms with Crippen molar-refractivity contribution in [2.75, 3.05) is 24.6 Å². The fourth-order valence-corrected chi connectivity index (χ4v) is 9.44. The van der Waals surface area contributed by atoms with E-state index >= 15 is 0 Å². The van der Waals surface area contributed by atoms with Crippen LogP contribution in [0.2, 0.25) is 0 Å². The lowest BCUT2D eigenvalue weighted by Crippen LogP contribution is -2.24. The van der Waals surface area contributed by atoms with E-state index < -0.39 is 0 Å². The molecule has 0 nitrogen and oxygen atoms in total. The second kappa shape index (κ2) is 4.79. The van der Waals surface area contributed by atoms with Crippen LogP contribution in [0.15, 0.2) is 0 Å². The average molecular weight is 313 g/mol. The Morgan fingerprint density at radius 2 is 1.38 bits per heavy atom. The normalized spacial score (nSPS) is 37.4. The first kappa shape index (κ1) is 12.2. The first-order chi connectivity index (χ1) is 5.70. The Balaban J connectivity index is 0.000000845. The predicted octanol–water partition coefficient (Wildman–Crippen LogP) is 4.09. The van der Waals surface area contributed by atoms with E-state index in [1.165, 1.54) is 6.42 Å². The third kappa shape index (κ3) is 2.81. The SMILES string of the molecule is CC1CC(C)C[P]2(CCCC2)C1.I. The van der Waals surface area contributed by atoms with Crippen molar-refractivity contribution < 1.29 is 0 Å². The Morgan fingerprint density at radius 1 is 0.923 bits per heavy atom. The number of hydrogen-bond donors (Lipinski definition) is 0. The van der Waals surface area contributed by atoms with E-state index in [1.807, 2.05) is 0 Å². The highest BCUT2D eigenvalue weighted by Crippen LogP contribution is 2.68. The summed E-state index contributed by atoms with van der Waals surface area (Å²) in [5.74, 6) is 2.11. The number of hydrogen-bond acceptors (Lipinski definition) is 0. The molecule has 2 atom stereocenters. The molecule has 2 unspecified atom stereocenters. The van der Waals surface area contributed by atoms with Gasteiger partial charge in [0.2, 0.25) is 0 Å². The van der Waals surface area contributed by atoms with Gasteiger partial charge in [0.05, 0.1) is 0 Å². The van der Waals surface area contributed by atoms with Gasteiger partial charge in [0, 0.05) is 0 Å². The van der Waals surface area contributed by atoms with Gasteiger partial charge in [0.15, 0.2) is 0 Å². The van der Waals surface area contributed by atoms with Gasteiger partial charge in [0.25, 0.3) is 0 Å². The van der Waals surface area contributed by atoms with Crippen LogP contribution in [0.4, 0.5) is 0 Å². The van der Waals surface area contributed by atoms with Crippen LogP contribution in [-0.2, 0) is 0 Å². The molecular formula is C11H23IP. The van der Waals surface area contributed by atoms with Crippen LogP contribution in [0.3, 0.4) is 0 Å². The van der Waals surface area contributed by atoms with Crippen molar-refractivity contribution in [3.05, 3.63) is 0 Å². The first-order valence-electron chi connectivity index (χ1n) is 5.55. The minimum Gasteiger partial charge on any atom is -0.125 e. The van der Waals surface area contributed by atoms with Crippen LogP contribution >= 0.6 is 31.2 Å². The summed E-state index contributed by atoms with van der Waals surface area (Å²) >= 11 is 0.